The Balaban J connectivity index is 1.27. The summed E-state index contributed by atoms with van der Waals surface area (Å²) in [5.74, 6) is -1.29. The number of fused-ring (bicyclic) bond motifs is 1. The van der Waals surface area contributed by atoms with Crippen LogP contribution in [0.5, 0.6) is 0 Å². The second-order valence-corrected chi connectivity index (χ2v) is 14.8. The maximum Gasteiger partial charge on any atom is 0.261 e. The number of hydrogen-bond donors (Lipinski definition) is 0. The van der Waals surface area contributed by atoms with Gasteiger partial charge in [0, 0.05) is 56.9 Å². The van der Waals surface area contributed by atoms with E-state index in [9.17, 15) is 23.4 Å². The predicted molar refractivity (Wildman–Crippen MR) is 189 cm³/mol. The number of carbonyl (C=O) groups is 4. The van der Waals surface area contributed by atoms with Crippen molar-refractivity contribution in [1.29, 1.82) is 0 Å². The third-order valence-corrected chi connectivity index (χ3v) is 11.8. The molecule has 7 nitrogen and oxygen atoms in total. The van der Waals surface area contributed by atoms with Crippen LogP contribution >= 0.6 is 0 Å². The Morgan fingerprint density at radius 3 is 1.10 bits per heavy atom. The summed E-state index contributed by atoms with van der Waals surface area (Å²) < 4.78 is 14.5. The summed E-state index contributed by atoms with van der Waals surface area (Å²) in [7, 11) is -1.70. The molecular weight excluding hydrogens is 621 g/mol. The first-order valence-corrected chi connectivity index (χ1v) is 18.9. The minimum absolute atomic E-state index is 0.323. The molecule has 0 fully saturated rings. The minimum Gasteiger partial charge on any atom is -0.274 e. The largest absolute Gasteiger partial charge is 0.274 e. The standard InChI is InChI=1S/C40H42N2O5S/c1-3-5-7-9-11-13-23-41-37(43)27-17-15-25-26-16-18-28-34-30(40(46)42(38(28)44)24-14-12-10-8-6-4-2)20-22-32(36(26)34)48(47)31-21-19-29(39(41)45)33(27)35(25)31/h15-22H,3-14,23-24H2,1-2H3. The number of nitrogens with zero attached hydrogens (tertiary/aromatic N) is 2. The molecule has 0 aromatic heterocycles. The SMILES string of the molecule is CCCCCCCCN1C(=O)c2ccc3c4c(ccc(c24)C1=O)S(=O)c1ccc2c4c(ccc-3c14)C(=O)N(CCCCCCCC)C2=O. The molecule has 3 aliphatic rings. The fourth-order valence-electron chi connectivity index (χ4n) is 7.79. The normalized spacial score (nSPS) is 15.3. The first-order chi connectivity index (χ1) is 23.4. The molecule has 4 aromatic carbocycles. The first kappa shape index (κ1) is 32.4. The number of hydrogen-bond acceptors (Lipinski definition) is 5. The molecular formula is C40H42N2O5S. The van der Waals surface area contributed by atoms with Crippen LogP contribution in [-0.2, 0) is 10.8 Å². The van der Waals surface area contributed by atoms with Gasteiger partial charge < -0.3 is 0 Å². The molecule has 0 N–H and O–H groups in total. The van der Waals surface area contributed by atoms with Crippen molar-refractivity contribution in [2.75, 3.05) is 13.1 Å². The van der Waals surface area contributed by atoms with E-state index in [2.05, 4.69) is 13.8 Å². The van der Waals surface area contributed by atoms with E-state index < -0.39 is 10.8 Å². The molecule has 4 aromatic rings. The van der Waals surface area contributed by atoms with Gasteiger partial charge in [-0.1, -0.05) is 90.2 Å². The van der Waals surface area contributed by atoms with Crippen LogP contribution in [-0.4, -0.2) is 50.7 Å². The van der Waals surface area contributed by atoms with Crippen molar-refractivity contribution in [2.45, 2.75) is 101 Å². The lowest BCUT2D eigenvalue weighted by Gasteiger charge is -2.29. The third-order valence-electron chi connectivity index (χ3n) is 10.3. The van der Waals surface area contributed by atoms with Crippen LogP contribution in [0.3, 0.4) is 0 Å². The first-order valence-electron chi connectivity index (χ1n) is 17.7. The lowest BCUT2D eigenvalue weighted by atomic mass is 9.85. The molecule has 0 saturated heterocycles. The number of benzene rings is 4. The zero-order valence-electron chi connectivity index (χ0n) is 27.9. The zero-order chi connectivity index (χ0) is 33.5. The highest BCUT2D eigenvalue weighted by atomic mass is 32.2. The fourth-order valence-corrected chi connectivity index (χ4v) is 9.21. The van der Waals surface area contributed by atoms with E-state index in [0.29, 0.717) is 66.7 Å². The number of imide groups is 2. The van der Waals surface area contributed by atoms with Gasteiger partial charge in [0.05, 0.1) is 20.6 Å². The van der Waals surface area contributed by atoms with Gasteiger partial charge in [0.15, 0.2) is 0 Å². The molecule has 0 radical (unpaired) electrons. The molecule has 0 atom stereocenters. The van der Waals surface area contributed by atoms with E-state index in [-0.39, 0.29) is 23.6 Å². The summed E-state index contributed by atoms with van der Waals surface area (Å²) in [4.78, 5) is 59.0. The van der Waals surface area contributed by atoms with Crippen LogP contribution in [0.1, 0.15) is 132 Å². The number of unbranched alkanes of at least 4 members (excludes halogenated alkanes) is 10. The van der Waals surface area contributed by atoms with Crippen LogP contribution in [0.25, 0.3) is 32.7 Å². The smallest absolute Gasteiger partial charge is 0.261 e. The fraction of sp³-hybridized carbons (Fsp3) is 0.400. The van der Waals surface area contributed by atoms with Gasteiger partial charge in [-0.25, -0.2) is 4.21 Å². The second-order valence-electron chi connectivity index (χ2n) is 13.4. The number of amides is 4. The summed E-state index contributed by atoms with van der Waals surface area (Å²) in [6.45, 7) is 5.09. The monoisotopic (exact) mass is 662 g/mol. The minimum atomic E-state index is -1.70. The number of rotatable bonds is 14. The average Bonchev–Trinajstić information content (AvgIpc) is 3.20. The van der Waals surface area contributed by atoms with Crippen LogP contribution < -0.4 is 0 Å². The van der Waals surface area contributed by atoms with Crippen molar-refractivity contribution >= 4 is 56.0 Å². The van der Waals surface area contributed by atoms with Crippen molar-refractivity contribution in [3.63, 3.8) is 0 Å². The Bertz CT molecular complexity index is 1840. The van der Waals surface area contributed by atoms with Gasteiger partial charge in [-0.15, -0.1) is 0 Å². The Morgan fingerprint density at radius 1 is 0.417 bits per heavy atom. The van der Waals surface area contributed by atoms with Gasteiger partial charge in [0.2, 0.25) is 0 Å². The van der Waals surface area contributed by atoms with E-state index >= 15 is 0 Å². The van der Waals surface area contributed by atoms with E-state index in [1.165, 1.54) is 22.6 Å². The molecule has 0 saturated carbocycles. The summed E-state index contributed by atoms with van der Waals surface area (Å²) >= 11 is 0. The van der Waals surface area contributed by atoms with Crippen molar-refractivity contribution in [1.82, 2.24) is 9.80 Å². The van der Waals surface area contributed by atoms with Gasteiger partial charge >= 0.3 is 0 Å². The third kappa shape index (κ3) is 5.20. The zero-order valence-corrected chi connectivity index (χ0v) is 28.7. The highest BCUT2D eigenvalue weighted by molar-refractivity contribution is 7.85. The highest BCUT2D eigenvalue weighted by Crippen LogP contribution is 2.48. The van der Waals surface area contributed by atoms with Gasteiger partial charge in [0.1, 0.15) is 0 Å². The molecule has 0 unspecified atom stereocenters. The molecule has 0 spiro atoms. The summed E-state index contributed by atoms with van der Waals surface area (Å²) in [5, 5.41) is 2.30. The average molecular weight is 663 g/mol. The van der Waals surface area contributed by atoms with Crippen LogP contribution in [0.2, 0.25) is 0 Å². The molecule has 3 heterocycles. The molecule has 248 valence electrons. The van der Waals surface area contributed by atoms with Crippen molar-refractivity contribution in [3.05, 3.63) is 70.8 Å². The molecule has 48 heavy (non-hydrogen) atoms. The topological polar surface area (TPSA) is 91.8 Å². The van der Waals surface area contributed by atoms with Gasteiger partial charge in [-0.2, -0.15) is 0 Å². The lowest BCUT2D eigenvalue weighted by molar-refractivity contribution is 0.0592. The maximum atomic E-state index is 14.5. The predicted octanol–water partition coefficient (Wildman–Crippen LogP) is 9.05. The highest BCUT2D eigenvalue weighted by Gasteiger charge is 2.38. The van der Waals surface area contributed by atoms with E-state index in [4.69, 9.17) is 0 Å². The van der Waals surface area contributed by atoms with Gasteiger partial charge in [-0.05, 0) is 60.4 Å². The quantitative estimate of drug-likeness (QED) is 0.0874. The Morgan fingerprint density at radius 2 is 0.729 bits per heavy atom. The molecule has 0 bridgehead atoms. The Kier molecular flexibility index (Phi) is 9.03. The van der Waals surface area contributed by atoms with E-state index in [1.54, 1.807) is 36.4 Å². The van der Waals surface area contributed by atoms with Crippen molar-refractivity contribution in [3.8, 4) is 11.1 Å². The lowest BCUT2D eigenvalue weighted by Crippen LogP contribution is -2.41. The van der Waals surface area contributed by atoms with Gasteiger partial charge in [-0.3, -0.25) is 29.0 Å². The molecule has 8 heteroatoms. The van der Waals surface area contributed by atoms with Crippen LogP contribution in [0.15, 0.2) is 58.3 Å². The van der Waals surface area contributed by atoms with Gasteiger partial charge in [0.25, 0.3) is 23.6 Å². The van der Waals surface area contributed by atoms with E-state index in [0.717, 1.165) is 75.3 Å². The van der Waals surface area contributed by atoms with Crippen molar-refractivity contribution < 1.29 is 23.4 Å². The Labute approximate surface area is 284 Å². The molecule has 0 aliphatic carbocycles. The van der Waals surface area contributed by atoms with Crippen molar-refractivity contribution in [2.24, 2.45) is 0 Å². The maximum absolute atomic E-state index is 14.5. The molecule has 4 amide bonds. The second kappa shape index (κ2) is 13.4. The summed E-state index contributed by atoms with van der Waals surface area (Å²) in [6, 6.07) is 14.2. The van der Waals surface area contributed by atoms with E-state index in [1.807, 2.05) is 12.1 Å². The van der Waals surface area contributed by atoms with Crippen LogP contribution in [0.4, 0.5) is 0 Å². The summed E-state index contributed by atoms with van der Waals surface area (Å²) in [6.07, 6.45) is 12.6. The van der Waals surface area contributed by atoms with Crippen LogP contribution in [0, 0.1) is 0 Å². The molecule has 3 aliphatic heterocycles. The Hall–Kier alpha value is -4.17. The molecule has 7 rings (SSSR count). The summed E-state index contributed by atoms with van der Waals surface area (Å²) in [5.41, 5.74) is 3.21. The number of carbonyl (C=O) groups excluding carboxylic acids is 4.